The average Bonchev–Trinajstić information content (AvgIpc) is 3.24. The Balaban J connectivity index is 1.27. The molecule has 1 unspecified atom stereocenters. The smallest absolute Gasteiger partial charge is 0.255 e. The Kier molecular flexibility index (Phi) is 4.57. The molecular formula is C20H26N4O. The van der Waals surface area contributed by atoms with Gasteiger partial charge in [0.25, 0.3) is 5.91 Å². The minimum atomic E-state index is 0.0203. The van der Waals surface area contributed by atoms with Crippen LogP contribution in [0.4, 0.5) is 0 Å². The number of likely N-dealkylation sites (tertiary alicyclic amines) is 1. The number of nitrogens with zero attached hydrogens (tertiary/aromatic N) is 2. The molecule has 2 aliphatic rings. The molecule has 1 saturated heterocycles. The predicted molar refractivity (Wildman–Crippen MR) is 97.9 cm³/mol. The molecule has 0 bridgehead atoms. The summed E-state index contributed by atoms with van der Waals surface area (Å²) in [7, 11) is 0. The Morgan fingerprint density at radius 1 is 1.24 bits per heavy atom. The van der Waals surface area contributed by atoms with E-state index in [4.69, 9.17) is 0 Å². The summed E-state index contributed by atoms with van der Waals surface area (Å²) < 4.78 is 0. The summed E-state index contributed by atoms with van der Waals surface area (Å²) in [5, 5.41) is 10.4. The zero-order valence-corrected chi connectivity index (χ0v) is 14.8. The summed E-state index contributed by atoms with van der Waals surface area (Å²) >= 11 is 0. The zero-order chi connectivity index (χ0) is 17.2. The average molecular weight is 338 g/mol. The lowest BCUT2D eigenvalue weighted by Gasteiger charge is -2.16. The van der Waals surface area contributed by atoms with E-state index in [1.807, 2.05) is 6.92 Å². The number of aromatic nitrogens is 2. The molecular weight excluding hydrogens is 312 g/mol. The maximum atomic E-state index is 12.5. The molecule has 0 radical (unpaired) electrons. The van der Waals surface area contributed by atoms with Crippen molar-refractivity contribution in [3.63, 3.8) is 0 Å². The van der Waals surface area contributed by atoms with Crippen molar-refractivity contribution in [3.05, 3.63) is 52.8 Å². The molecule has 1 atom stereocenters. The second-order valence-electron chi connectivity index (χ2n) is 7.34. The first-order chi connectivity index (χ1) is 12.2. The number of nitrogens with one attached hydrogen (secondary N) is 2. The fourth-order valence-electron chi connectivity index (χ4n) is 3.84. The van der Waals surface area contributed by atoms with Crippen molar-refractivity contribution in [3.8, 4) is 0 Å². The number of aryl methyl sites for hydroxylation is 1. The first-order valence-electron chi connectivity index (χ1n) is 9.32. The molecule has 1 aliphatic carbocycles. The molecule has 132 valence electrons. The van der Waals surface area contributed by atoms with Crippen LogP contribution in [0.25, 0.3) is 0 Å². The van der Waals surface area contributed by atoms with E-state index in [1.165, 1.54) is 12.0 Å². The van der Waals surface area contributed by atoms with Gasteiger partial charge in [0.05, 0.1) is 11.3 Å². The summed E-state index contributed by atoms with van der Waals surface area (Å²) in [6.07, 6.45) is 3.50. The van der Waals surface area contributed by atoms with Gasteiger partial charge in [-0.3, -0.25) is 9.89 Å². The van der Waals surface area contributed by atoms with E-state index in [2.05, 4.69) is 50.7 Å². The highest BCUT2D eigenvalue weighted by Gasteiger charge is 2.32. The largest absolute Gasteiger partial charge is 0.351 e. The van der Waals surface area contributed by atoms with Gasteiger partial charge in [-0.1, -0.05) is 30.3 Å². The molecule has 1 aromatic carbocycles. The second-order valence-corrected chi connectivity index (χ2v) is 7.34. The number of H-pyrrole nitrogens is 1. The van der Waals surface area contributed by atoms with Crippen LogP contribution < -0.4 is 5.32 Å². The van der Waals surface area contributed by atoms with E-state index < -0.39 is 0 Å². The number of hydrogen-bond acceptors (Lipinski definition) is 3. The molecule has 2 aromatic rings. The van der Waals surface area contributed by atoms with E-state index in [0.717, 1.165) is 49.4 Å². The third kappa shape index (κ3) is 3.61. The lowest BCUT2D eigenvalue weighted by Crippen LogP contribution is -2.34. The van der Waals surface area contributed by atoms with E-state index in [9.17, 15) is 4.79 Å². The molecule has 2 heterocycles. The van der Waals surface area contributed by atoms with E-state index >= 15 is 0 Å². The van der Waals surface area contributed by atoms with Crippen LogP contribution in [0.3, 0.4) is 0 Å². The second kappa shape index (κ2) is 7.00. The van der Waals surface area contributed by atoms with Gasteiger partial charge in [-0.2, -0.15) is 5.10 Å². The van der Waals surface area contributed by atoms with Gasteiger partial charge in [-0.05, 0) is 44.2 Å². The van der Waals surface area contributed by atoms with Crippen molar-refractivity contribution in [2.75, 3.05) is 26.2 Å². The molecule has 5 heteroatoms. The topological polar surface area (TPSA) is 61.0 Å². The summed E-state index contributed by atoms with van der Waals surface area (Å²) in [5.41, 5.74) is 4.04. The number of rotatable bonds is 6. The highest BCUT2D eigenvalue weighted by atomic mass is 16.1. The number of carbonyl (C=O) groups is 1. The van der Waals surface area contributed by atoms with Crippen LogP contribution in [0.2, 0.25) is 0 Å². The van der Waals surface area contributed by atoms with Crippen molar-refractivity contribution >= 4 is 5.91 Å². The molecule has 1 aromatic heterocycles. The molecule has 1 aliphatic heterocycles. The van der Waals surface area contributed by atoms with Crippen LogP contribution >= 0.6 is 0 Å². The minimum absolute atomic E-state index is 0.0203. The normalized spacial score (nSPS) is 20.8. The molecule has 4 rings (SSSR count). The maximum Gasteiger partial charge on any atom is 0.255 e. The monoisotopic (exact) mass is 338 g/mol. The number of benzene rings is 1. The van der Waals surface area contributed by atoms with Gasteiger partial charge in [0.1, 0.15) is 0 Å². The van der Waals surface area contributed by atoms with Crippen molar-refractivity contribution in [1.82, 2.24) is 20.4 Å². The van der Waals surface area contributed by atoms with Crippen LogP contribution in [-0.4, -0.2) is 47.2 Å². The summed E-state index contributed by atoms with van der Waals surface area (Å²) in [6, 6.07) is 10.7. The molecule has 2 N–H and O–H groups in total. The molecule has 1 saturated carbocycles. The van der Waals surface area contributed by atoms with Gasteiger partial charge in [0.15, 0.2) is 0 Å². The first-order valence-corrected chi connectivity index (χ1v) is 9.32. The Morgan fingerprint density at radius 2 is 2.04 bits per heavy atom. The number of aromatic amines is 1. The zero-order valence-electron chi connectivity index (χ0n) is 14.8. The third-order valence-electron chi connectivity index (χ3n) is 5.42. The number of carbonyl (C=O) groups excluding carboxylic acids is 1. The Morgan fingerprint density at radius 3 is 2.80 bits per heavy atom. The van der Waals surface area contributed by atoms with Gasteiger partial charge in [-0.15, -0.1) is 0 Å². The standard InChI is InChI=1S/C20H26N4O/c1-14-18(19(23-22-14)16-7-8-16)20(25)21-10-12-24-11-9-17(13-24)15-5-3-2-4-6-15/h2-6,16-17H,7-13H2,1H3,(H,21,25)(H,22,23). The van der Waals surface area contributed by atoms with Crippen molar-refractivity contribution < 1.29 is 4.79 Å². The Hall–Kier alpha value is -2.14. The van der Waals surface area contributed by atoms with Crippen molar-refractivity contribution in [2.45, 2.75) is 38.0 Å². The van der Waals surface area contributed by atoms with Crippen LogP contribution in [0.15, 0.2) is 30.3 Å². The lowest BCUT2D eigenvalue weighted by atomic mass is 9.99. The van der Waals surface area contributed by atoms with Gasteiger partial charge < -0.3 is 10.2 Å². The van der Waals surface area contributed by atoms with Gasteiger partial charge in [-0.25, -0.2) is 0 Å². The Bertz CT molecular complexity index is 735. The summed E-state index contributed by atoms with van der Waals surface area (Å²) in [5.74, 6) is 1.12. The first kappa shape index (κ1) is 16.3. The van der Waals surface area contributed by atoms with Gasteiger partial charge in [0.2, 0.25) is 0 Å². The quantitative estimate of drug-likeness (QED) is 0.851. The molecule has 2 fully saturated rings. The van der Waals surface area contributed by atoms with Gasteiger partial charge in [0, 0.05) is 31.2 Å². The Labute approximate surface area is 148 Å². The highest BCUT2D eigenvalue weighted by Crippen LogP contribution is 2.41. The predicted octanol–water partition coefficient (Wildman–Crippen LogP) is 2.81. The molecule has 1 amide bonds. The van der Waals surface area contributed by atoms with E-state index in [0.29, 0.717) is 18.4 Å². The molecule has 25 heavy (non-hydrogen) atoms. The fraction of sp³-hybridized carbons (Fsp3) is 0.500. The third-order valence-corrected chi connectivity index (χ3v) is 5.42. The highest BCUT2D eigenvalue weighted by molar-refractivity contribution is 5.96. The number of amides is 1. The fourth-order valence-corrected chi connectivity index (χ4v) is 3.84. The van der Waals surface area contributed by atoms with E-state index in [1.54, 1.807) is 0 Å². The van der Waals surface area contributed by atoms with Crippen LogP contribution in [-0.2, 0) is 0 Å². The van der Waals surface area contributed by atoms with Crippen LogP contribution in [0.1, 0.15) is 58.4 Å². The minimum Gasteiger partial charge on any atom is -0.351 e. The number of hydrogen-bond donors (Lipinski definition) is 2. The van der Waals surface area contributed by atoms with Crippen molar-refractivity contribution in [2.24, 2.45) is 0 Å². The van der Waals surface area contributed by atoms with Crippen LogP contribution in [0, 0.1) is 6.92 Å². The lowest BCUT2D eigenvalue weighted by molar-refractivity contribution is 0.0948. The molecule has 5 nitrogen and oxygen atoms in total. The maximum absolute atomic E-state index is 12.5. The molecule has 0 spiro atoms. The van der Waals surface area contributed by atoms with E-state index in [-0.39, 0.29) is 5.91 Å². The summed E-state index contributed by atoms with van der Waals surface area (Å²) in [6.45, 7) is 5.71. The summed E-state index contributed by atoms with van der Waals surface area (Å²) in [4.78, 5) is 15.0. The van der Waals surface area contributed by atoms with Crippen LogP contribution in [0.5, 0.6) is 0 Å². The van der Waals surface area contributed by atoms with Gasteiger partial charge >= 0.3 is 0 Å². The van der Waals surface area contributed by atoms with Crippen molar-refractivity contribution in [1.29, 1.82) is 0 Å². The SMILES string of the molecule is Cc1[nH]nc(C2CC2)c1C(=O)NCCN1CCC(c2ccccc2)C1.